The first-order valence-electron chi connectivity index (χ1n) is 7.23. The van der Waals surface area contributed by atoms with Crippen molar-refractivity contribution in [3.8, 4) is 5.75 Å². The maximum Gasteiger partial charge on any atom is 0.265 e. The van der Waals surface area contributed by atoms with E-state index in [9.17, 15) is 4.79 Å². The molecular weight excluding hydrogens is 272 g/mol. The molecule has 3 N–H and O–H groups in total. The van der Waals surface area contributed by atoms with E-state index in [4.69, 9.17) is 20.1 Å². The Labute approximate surface area is 124 Å². The van der Waals surface area contributed by atoms with Crippen LogP contribution in [-0.4, -0.2) is 38.4 Å². The molecule has 0 radical (unpaired) electrons. The van der Waals surface area contributed by atoms with E-state index in [1.807, 2.05) is 0 Å². The van der Waals surface area contributed by atoms with Gasteiger partial charge in [-0.25, -0.2) is 5.84 Å². The van der Waals surface area contributed by atoms with Gasteiger partial charge in [0.05, 0.1) is 19.3 Å². The van der Waals surface area contributed by atoms with Crippen molar-refractivity contribution >= 4 is 5.91 Å². The smallest absolute Gasteiger partial charge is 0.265 e. The zero-order valence-electron chi connectivity index (χ0n) is 12.0. The fourth-order valence-corrected chi connectivity index (χ4v) is 2.16. The maximum absolute atomic E-state index is 11.3. The summed E-state index contributed by atoms with van der Waals surface area (Å²) in [6.45, 7) is 2.45. The molecule has 2 rings (SSSR count). The second-order valence-corrected chi connectivity index (χ2v) is 4.91. The van der Waals surface area contributed by atoms with Gasteiger partial charge in [-0.2, -0.15) is 0 Å². The first-order valence-corrected chi connectivity index (χ1v) is 7.23. The highest BCUT2D eigenvalue weighted by atomic mass is 16.5. The van der Waals surface area contributed by atoms with Gasteiger partial charge in [0.15, 0.2) is 0 Å². The minimum Gasteiger partial charge on any atom is -0.491 e. The summed E-state index contributed by atoms with van der Waals surface area (Å²) in [5.41, 5.74) is 2.58. The zero-order chi connectivity index (χ0) is 14.9. The number of nitrogens with two attached hydrogens (primary N) is 1. The van der Waals surface area contributed by atoms with E-state index in [0.717, 1.165) is 19.4 Å². The fourth-order valence-electron chi connectivity index (χ4n) is 2.16. The van der Waals surface area contributed by atoms with Crippen LogP contribution in [0.5, 0.6) is 5.75 Å². The van der Waals surface area contributed by atoms with Crippen LogP contribution in [-0.2, 0) is 9.47 Å². The van der Waals surface area contributed by atoms with Crippen LogP contribution in [0.2, 0.25) is 0 Å². The number of benzene rings is 1. The molecule has 0 aliphatic carbocycles. The van der Waals surface area contributed by atoms with Crippen LogP contribution in [0.15, 0.2) is 24.3 Å². The molecule has 116 valence electrons. The molecule has 1 aromatic rings. The van der Waals surface area contributed by atoms with Crippen LogP contribution >= 0.6 is 0 Å². The number of rotatable bonds is 7. The highest BCUT2D eigenvalue weighted by Gasteiger charge is 2.13. The Bertz CT molecular complexity index is 430. The number of hydrazine groups is 1. The van der Waals surface area contributed by atoms with Gasteiger partial charge >= 0.3 is 0 Å². The van der Waals surface area contributed by atoms with E-state index in [-0.39, 0.29) is 12.0 Å². The normalized spacial score (nSPS) is 18.2. The van der Waals surface area contributed by atoms with E-state index < -0.39 is 0 Å². The second-order valence-electron chi connectivity index (χ2n) is 4.91. The van der Waals surface area contributed by atoms with Crippen molar-refractivity contribution < 1.29 is 19.0 Å². The van der Waals surface area contributed by atoms with E-state index in [1.54, 1.807) is 24.3 Å². The van der Waals surface area contributed by atoms with Gasteiger partial charge in [0.2, 0.25) is 0 Å². The lowest BCUT2D eigenvalue weighted by atomic mass is 10.1. The Balaban J connectivity index is 1.61. The van der Waals surface area contributed by atoms with Crippen molar-refractivity contribution in [2.75, 3.05) is 26.4 Å². The molecule has 0 bridgehead atoms. The standard InChI is InChI=1S/C15H22N2O4/c16-17-15(18)12-4-6-13(7-5-12)21-10-9-19-11-14-3-1-2-8-20-14/h4-7,14H,1-3,8-11,16H2,(H,17,18). The summed E-state index contributed by atoms with van der Waals surface area (Å²) in [7, 11) is 0. The van der Waals surface area contributed by atoms with Gasteiger partial charge in [0.1, 0.15) is 12.4 Å². The molecule has 21 heavy (non-hydrogen) atoms. The van der Waals surface area contributed by atoms with Crippen LogP contribution in [0.4, 0.5) is 0 Å². The van der Waals surface area contributed by atoms with Crippen molar-refractivity contribution in [3.05, 3.63) is 29.8 Å². The molecule has 1 atom stereocenters. The van der Waals surface area contributed by atoms with Gasteiger partial charge in [-0.05, 0) is 43.5 Å². The van der Waals surface area contributed by atoms with E-state index >= 15 is 0 Å². The third-order valence-electron chi connectivity index (χ3n) is 3.32. The molecule has 0 spiro atoms. The van der Waals surface area contributed by atoms with Crippen LogP contribution in [0.1, 0.15) is 29.6 Å². The summed E-state index contributed by atoms with van der Waals surface area (Å²) < 4.78 is 16.7. The molecule has 1 heterocycles. The molecule has 0 aromatic heterocycles. The molecular formula is C15H22N2O4. The number of nitrogens with one attached hydrogen (secondary N) is 1. The predicted molar refractivity (Wildman–Crippen MR) is 78.0 cm³/mol. The van der Waals surface area contributed by atoms with Crippen molar-refractivity contribution in [2.45, 2.75) is 25.4 Å². The molecule has 1 amide bonds. The Morgan fingerprint density at radius 1 is 1.29 bits per heavy atom. The Morgan fingerprint density at radius 2 is 2.10 bits per heavy atom. The van der Waals surface area contributed by atoms with E-state index in [0.29, 0.717) is 31.1 Å². The zero-order valence-corrected chi connectivity index (χ0v) is 12.0. The van der Waals surface area contributed by atoms with Crippen molar-refractivity contribution in [1.29, 1.82) is 0 Å². The molecule has 6 nitrogen and oxygen atoms in total. The summed E-state index contributed by atoms with van der Waals surface area (Å²) in [6, 6.07) is 6.78. The van der Waals surface area contributed by atoms with E-state index in [2.05, 4.69) is 5.43 Å². The van der Waals surface area contributed by atoms with Crippen LogP contribution in [0, 0.1) is 0 Å². The SMILES string of the molecule is NNC(=O)c1ccc(OCCOCC2CCCCO2)cc1. The summed E-state index contributed by atoms with van der Waals surface area (Å²) in [5, 5.41) is 0. The van der Waals surface area contributed by atoms with Gasteiger partial charge in [-0.1, -0.05) is 0 Å². The van der Waals surface area contributed by atoms with Crippen molar-refractivity contribution in [1.82, 2.24) is 5.43 Å². The number of hydrogen-bond acceptors (Lipinski definition) is 5. The number of nitrogen functional groups attached to an aromatic ring is 1. The Hall–Kier alpha value is -1.63. The van der Waals surface area contributed by atoms with Gasteiger partial charge in [0.25, 0.3) is 5.91 Å². The third-order valence-corrected chi connectivity index (χ3v) is 3.32. The molecule has 1 fully saturated rings. The molecule has 0 saturated carbocycles. The van der Waals surface area contributed by atoms with Crippen molar-refractivity contribution in [2.24, 2.45) is 5.84 Å². The highest BCUT2D eigenvalue weighted by molar-refractivity contribution is 5.93. The van der Waals surface area contributed by atoms with Crippen LogP contribution in [0.25, 0.3) is 0 Å². The molecule has 1 aromatic carbocycles. The molecule has 1 unspecified atom stereocenters. The summed E-state index contributed by atoms with van der Waals surface area (Å²) in [6.07, 6.45) is 3.67. The quantitative estimate of drug-likeness (QED) is 0.342. The second kappa shape index (κ2) is 8.61. The van der Waals surface area contributed by atoms with Gasteiger partial charge in [-0.3, -0.25) is 10.2 Å². The fraction of sp³-hybridized carbons (Fsp3) is 0.533. The number of carbonyl (C=O) groups excluding carboxylic acids is 1. The Kier molecular flexibility index (Phi) is 6.46. The maximum atomic E-state index is 11.3. The first-order chi connectivity index (χ1) is 10.3. The lowest BCUT2D eigenvalue weighted by Crippen LogP contribution is -2.29. The largest absolute Gasteiger partial charge is 0.491 e. The average Bonchev–Trinajstić information content (AvgIpc) is 2.55. The predicted octanol–water partition coefficient (Wildman–Crippen LogP) is 1.25. The lowest BCUT2D eigenvalue weighted by molar-refractivity contribution is -0.0444. The first kappa shape index (κ1) is 15.8. The van der Waals surface area contributed by atoms with Gasteiger partial charge in [-0.15, -0.1) is 0 Å². The molecule has 1 aliphatic rings. The number of ether oxygens (including phenoxy) is 3. The topological polar surface area (TPSA) is 82.8 Å². The minimum atomic E-state index is -0.322. The minimum absolute atomic E-state index is 0.229. The van der Waals surface area contributed by atoms with Gasteiger partial charge < -0.3 is 14.2 Å². The van der Waals surface area contributed by atoms with E-state index in [1.165, 1.54) is 6.42 Å². The van der Waals surface area contributed by atoms with Crippen molar-refractivity contribution in [3.63, 3.8) is 0 Å². The summed E-state index contributed by atoms with van der Waals surface area (Å²) in [4.78, 5) is 11.3. The number of hydrogen-bond donors (Lipinski definition) is 2. The third kappa shape index (κ3) is 5.34. The number of amides is 1. The molecule has 1 aliphatic heterocycles. The summed E-state index contributed by atoms with van der Waals surface area (Å²) >= 11 is 0. The average molecular weight is 294 g/mol. The van der Waals surface area contributed by atoms with Gasteiger partial charge in [0, 0.05) is 12.2 Å². The summed E-state index contributed by atoms with van der Waals surface area (Å²) in [5.74, 6) is 5.43. The monoisotopic (exact) mass is 294 g/mol. The highest BCUT2D eigenvalue weighted by Crippen LogP contribution is 2.13. The molecule has 6 heteroatoms. The molecule has 1 saturated heterocycles. The van der Waals surface area contributed by atoms with Crippen LogP contribution < -0.4 is 16.0 Å². The Morgan fingerprint density at radius 3 is 2.76 bits per heavy atom. The van der Waals surface area contributed by atoms with Crippen LogP contribution in [0.3, 0.4) is 0 Å². The number of carbonyl (C=O) groups is 1. The lowest BCUT2D eigenvalue weighted by Gasteiger charge is -2.22.